The lowest BCUT2D eigenvalue weighted by Gasteiger charge is -2.15. The lowest BCUT2D eigenvalue weighted by Crippen LogP contribution is -2.24. The number of anilines is 2. The lowest BCUT2D eigenvalue weighted by atomic mass is 10.1. The van der Waals surface area contributed by atoms with E-state index in [-0.39, 0.29) is 29.1 Å². The van der Waals surface area contributed by atoms with Crippen molar-refractivity contribution < 1.29 is 23.2 Å². The number of oxime groups is 1. The van der Waals surface area contributed by atoms with Crippen LogP contribution in [-0.2, 0) is 26.1 Å². The Morgan fingerprint density at radius 1 is 1.21 bits per heavy atom. The summed E-state index contributed by atoms with van der Waals surface area (Å²) in [7, 11) is -1.54. The summed E-state index contributed by atoms with van der Waals surface area (Å²) >= 11 is 2.60. The molecule has 0 aliphatic heterocycles. The van der Waals surface area contributed by atoms with Gasteiger partial charge >= 0.3 is 0 Å². The molecule has 11 nitrogen and oxygen atoms in total. The van der Waals surface area contributed by atoms with Crippen molar-refractivity contribution in [3.8, 4) is 0 Å². The second kappa shape index (κ2) is 11.1. The number of benzene rings is 1. The third-order valence-electron chi connectivity index (χ3n) is 5.75. The smallest absolute Gasteiger partial charge is 0.280 e. The zero-order valence-electron chi connectivity index (χ0n) is 20.3. The molecule has 0 unspecified atom stereocenters. The van der Waals surface area contributed by atoms with Gasteiger partial charge in [0.25, 0.3) is 5.91 Å². The van der Waals surface area contributed by atoms with Crippen molar-refractivity contribution in [1.29, 1.82) is 0 Å². The highest BCUT2D eigenvalue weighted by Crippen LogP contribution is 2.33. The van der Waals surface area contributed by atoms with E-state index >= 15 is 0 Å². The summed E-state index contributed by atoms with van der Waals surface area (Å²) in [6, 6.07) is 9.65. The van der Waals surface area contributed by atoms with E-state index in [9.17, 15) is 18.3 Å². The van der Waals surface area contributed by atoms with E-state index in [1.54, 1.807) is 30.5 Å². The molecule has 0 atom stereocenters. The average Bonchev–Trinajstić information content (AvgIpc) is 3.51. The Kier molecular flexibility index (Phi) is 7.65. The fourth-order valence-corrected chi connectivity index (χ4v) is 6.58. The van der Waals surface area contributed by atoms with Crippen LogP contribution in [0.3, 0.4) is 0 Å². The molecule has 5 rings (SSSR count). The summed E-state index contributed by atoms with van der Waals surface area (Å²) in [5, 5.41) is 18.5. The number of likely N-dealkylation sites (N-methyl/N-ethyl adjacent to an activating group) is 1. The largest absolute Gasteiger partial charge is 0.395 e. The number of thiazole rings is 2. The Balaban J connectivity index is 1.38. The number of carbonyl (C=O) groups excluding carboxylic acids is 1. The number of hydrogen-bond acceptors (Lipinski definition) is 12. The van der Waals surface area contributed by atoms with Crippen LogP contribution in [0.5, 0.6) is 0 Å². The van der Waals surface area contributed by atoms with Crippen molar-refractivity contribution in [1.82, 2.24) is 15.0 Å². The van der Waals surface area contributed by atoms with Crippen LogP contribution in [0.1, 0.15) is 23.4 Å². The Bertz CT molecular complexity index is 1560. The van der Waals surface area contributed by atoms with Gasteiger partial charge in [-0.2, -0.15) is 0 Å². The fourth-order valence-electron chi connectivity index (χ4n) is 3.57. The van der Waals surface area contributed by atoms with Gasteiger partial charge in [-0.1, -0.05) is 28.6 Å². The molecule has 0 radical (unpaired) electrons. The lowest BCUT2D eigenvalue weighted by molar-refractivity contribution is -0.110. The quantitative estimate of drug-likeness (QED) is 0.204. The average molecular weight is 573 g/mol. The summed E-state index contributed by atoms with van der Waals surface area (Å²) in [5.74, 6) is 0.103. The molecule has 3 heterocycles. The number of nitrogens with zero attached hydrogens (tertiary/aromatic N) is 5. The van der Waals surface area contributed by atoms with Crippen LogP contribution in [0, 0.1) is 0 Å². The van der Waals surface area contributed by atoms with Crippen LogP contribution in [-0.4, -0.2) is 65.5 Å². The first-order chi connectivity index (χ1) is 18.3. The zero-order chi connectivity index (χ0) is 26.7. The highest BCUT2D eigenvalue weighted by Gasteiger charge is 2.36. The zero-order valence-corrected chi connectivity index (χ0v) is 22.7. The monoisotopic (exact) mass is 572 g/mol. The molecule has 1 aliphatic carbocycles. The molecule has 198 valence electrons. The first-order valence-electron chi connectivity index (χ1n) is 11.7. The topological polar surface area (TPSA) is 147 Å². The number of nitrogens with one attached hydrogen (secondary N) is 1. The van der Waals surface area contributed by atoms with Gasteiger partial charge < -0.3 is 14.8 Å². The van der Waals surface area contributed by atoms with Gasteiger partial charge in [0, 0.05) is 30.7 Å². The Hall–Kier alpha value is -3.46. The SMILES string of the molecule is CN(CCO)c1ccc2nc(NC(=O)/C(=N/OCc3nccs3)c3ccc(S(=O)(=O)C4CC4)cc3)sc2n1. The predicted molar refractivity (Wildman–Crippen MR) is 146 cm³/mol. The summed E-state index contributed by atoms with van der Waals surface area (Å²) in [6.45, 7) is 0.515. The van der Waals surface area contributed by atoms with Gasteiger partial charge in [0.2, 0.25) is 0 Å². The van der Waals surface area contributed by atoms with Crippen molar-refractivity contribution in [2.75, 3.05) is 30.4 Å². The molecule has 1 amide bonds. The Morgan fingerprint density at radius 2 is 2.00 bits per heavy atom. The second-order valence-electron chi connectivity index (χ2n) is 8.52. The van der Waals surface area contributed by atoms with Crippen LogP contribution >= 0.6 is 22.7 Å². The number of rotatable bonds is 11. The van der Waals surface area contributed by atoms with Crippen LogP contribution in [0.25, 0.3) is 10.3 Å². The first-order valence-corrected chi connectivity index (χ1v) is 14.9. The molecule has 1 aromatic carbocycles. The minimum absolute atomic E-state index is 0.000432. The van der Waals surface area contributed by atoms with Gasteiger partial charge in [0.15, 0.2) is 27.3 Å². The number of carbonyl (C=O) groups is 1. The van der Waals surface area contributed by atoms with E-state index in [1.165, 1.54) is 34.8 Å². The third-order valence-corrected chi connectivity index (χ3v) is 9.66. The molecule has 14 heteroatoms. The molecular formula is C24H24N6O5S3. The molecule has 1 saturated carbocycles. The van der Waals surface area contributed by atoms with Crippen LogP contribution in [0.4, 0.5) is 10.9 Å². The number of aliphatic hydroxyl groups excluding tert-OH is 1. The molecule has 0 spiro atoms. The van der Waals surface area contributed by atoms with Gasteiger partial charge in [-0.3, -0.25) is 10.1 Å². The van der Waals surface area contributed by atoms with E-state index < -0.39 is 15.7 Å². The minimum Gasteiger partial charge on any atom is -0.395 e. The maximum Gasteiger partial charge on any atom is 0.280 e. The van der Waals surface area contributed by atoms with Gasteiger partial charge in [-0.15, -0.1) is 11.3 Å². The summed E-state index contributed by atoms with van der Waals surface area (Å²) in [5.41, 5.74) is 0.968. The predicted octanol–water partition coefficient (Wildman–Crippen LogP) is 3.07. The fraction of sp³-hybridized carbons (Fsp3) is 0.292. The first kappa shape index (κ1) is 26.2. The number of hydrogen-bond donors (Lipinski definition) is 2. The van der Waals surface area contributed by atoms with Crippen molar-refractivity contribution in [2.24, 2.45) is 5.16 Å². The molecule has 1 fully saturated rings. The van der Waals surface area contributed by atoms with Crippen molar-refractivity contribution in [3.63, 3.8) is 0 Å². The van der Waals surface area contributed by atoms with E-state index in [0.29, 0.717) is 51.3 Å². The van der Waals surface area contributed by atoms with Crippen LogP contribution < -0.4 is 10.2 Å². The minimum atomic E-state index is -3.36. The number of sulfone groups is 1. The number of aromatic nitrogens is 3. The molecular weight excluding hydrogens is 549 g/mol. The number of aliphatic hydroxyl groups is 1. The van der Waals surface area contributed by atoms with Gasteiger partial charge in [-0.25, -0.2) is 23.4 Å². The van der Waals surface area contributed by atoms with Gasteiger partial charge in [0.05, 0.1) is 16.8 Å². The van der Waals surface area contributed by atoms with E-state index in [2.05, 4.69) is 25.4 Å². The van der Waals surface area contributed by atoms with Crippen molar-refractivity contribution >= 4 is 65.4 Å². The van der Waals surface area contributed by atoms with Crippen molar-refractivity contribution in [3.05, 3.63) is 58.5 Å². The molecule has 0 bridgehead atoms. The number of pyridine rings is 1. The molecule has 3 aromatic heterocycles. The second-order valence-corrected chi connectivity index (χ2v) is 12.7. The van der Waals surface area contributed by atoms with Gasteiger partial charge in [0.1, 0.15) is 21.2 Å². The van der Waals surface area contributed by atoms with E-state index in [0.717, 1.165) is 0 Å². The summed E-state index contributed by atoms with van der Waals surface area (Å²) in [6.07, 6.45) is 2.98. The standard InChI is InChI=1S/C24H24N6O5S3/c1-30(11-12-31)19-9-8-18-23(27-19)37-24(26-18)28-22(32)21(29-35-14-20-25-10-13-36-20)15-2-4-16(5-3-15)38(33,34)17-6-7-17/h2-5,8-10,13,17,31H,6-7,11-12,14H2,1H3,(H,26,28,32)/b29-21+. The van der Waals surface area contributed by atoms with Gasteiger partial charge in [-0.05, 0) is 37.1 Å². The highest BCUT2D eigenvalue weighted by atomic mass is 32.2. The molecule has 2 N–H and O–H groups in total. The van der Waals surface area contributed by atoms with E-state index in [4.69, 9.17) is 4.84 Å². The normalized spacial score (nSPS) is 14.0. The molecule has 1 aliphatic rings. The Labute approximate surface area is 226 Å². The Morgan fingerprint density at radius 3 is 2.68 bits per heavy atom. The third kappa shape index (κ3) is 5.83. The molecule has 38 heavy (non-hydrogen) atoms. The van der Waals surface area contributed by atoms with Crippen LogP contribution in [0.15, 0.2) is 58.0 Å². The van der Waals surface area contributed by atoms with Crippen molar-refractivity contribution in [2.45, 2.75) is 29.6 Å². The summed E-state index contributed by atoms with van der Waals surface area (Å²) in [4.78, 5) is 34.5. The maximum atomic E-state index is 13.3. The number of amides is 1. The maximum absolute atomic E-state index is 13.3. The van der Waals surface area contributed by atoms with E-state index in [1.807, 2.05) is 17.3 Å². The summed E-state index contributed by atoms with van der Waals surface area (Å²) < 4.78 is 25.1. The number of fused-ring (bicyclic) bond motifs is 1. The van der Waals surface area contributed by atoms with Crippen LogP contribution in [0.2, 0.25) is 0 Å². The highest BCUT2D eigenvalue weighted by molar-refractivity contribution is 7.92. The molecule has 0 saturated heterocycles. The molecule has 4 aromatic rings.